The summed E-state index contributed by atoms with van der Waals surface area (Å²) in [5.41, 5.74) is 3.46. The summed E-state index contributed by atoms with van der Waals surface area (Å²) < 4.78 is 0. The SMILES string of the molecule is Cc1ccc2cc(CN(C(=O)c3ccncc3)c3ccccc3)c(=O)[nH]c2c1. The van der Waals surface area contributed by atoms with Crippen LogP contribution in [0.3, 0.4) is 0 Å². The van der Waals surface area contributed by atoms with Gasteiger partial charge in [0.2, 0.25) is 0 Å². The second-order valence-corrected chi connectivity index (χ2v) is 6.68. The maximum absolute atomic E-state index is 13.2. The van der Waals surface area contributed by atoms with Gasteiger partial charge < -0.3 is 9.88 Å². The number of pyridine rings is 2. The Morgan fingerprint density at radius 1 is 1.00 bits per heavy atom. The van der Waals surface area contributed by atoms with Gasteiger partial charge in [-0.05, 0) is 54.3 Å². The molecule has 0 spiro atoms. The van der Waals surface area contributed by atoms with Crippen LogP contribution < -0.4 is 10.5 Å². The molecule has 1 amide bonds. The molecule has 0 aliphatic carbocycles. The van der Waals surface area contributed by atoms with E-state index in [1.54, 1.807) is 29.4 Å². The summed E-state index contributed by atoms with van der Waals surface area (Å²) in [4.78, 5) is 34.3. The number of carbonyl (C=O) groups is 1. The van der Waals surface area contributed by atoms with E-state index in [0.29, 0.717) is 11.1 Å². The molecule has 28 heavy (non-hydrogen) atoms. The van der Waals surface area contributed by atoms with Gasteiger partial charge in [-0.1, -0.05) is 30.3 Å². The van der Waals surface area contributed by atoms with E-state index in [2.05, 4.69) is 9.97 Å². The Bertz CT molecular complexity index is 1180. The first kappa shape index (κ1) is 17.7. The van der Waals surface area contributed by atoms with Crippen molar-refractivity contribution < 1.29 is 4.79 Å². The van der Waals surface area contributed by atoms with E-state index in [-0.39, 0.29) is 18.0 Å². The van der Waals surface area contributed by atoms with Crippen molar-refractivity contribution in [1.29, 1.82) is 0 Å². The number of rotatable bonds is 4. The van der Waals surface area contributed by atoms with E-state index in [4.69, 9.17) is 0 Å². The quantitative estimate of drug-likeness (QED) is 0.589. The number of H-pyrrole nitrogens is 1. The smallest absolute Gasteiger partial charge is 0.258 e. The highest BCUT2D eigenvalue weighted by molar-refractivity contribution is 6.05. The Hall–Kier alpha value is -3.73. The second kappa shape index (κ2) is 7.48. The zero-order chi connectivity index (χ0) is 19.5. The Balaban J connectivity index is 1.77. The summed E-state index contributed by atoms with van der Waals surface area (Å²) in [7, 11) is 0. The van der Waals surface area contributed by atoms with Crippen molar-refractivity contribution in [1.82, 2.24) is 9.97 Å². The maximum Gasteiger partial charge on any atom is 0.258 e. The van der Waals surface area contributed by atoms with Gasteiger partial charge in [-0.15, -0.1) is 0 Å². The summed E-state index contributed by atoms with van der Waals surface area (Å²) in [6.45, 7) is 2.15. The van der Waals surface area contributed by atoms with Crippen molar-refractivity contribution >= 4 is 22.5 Å². The molecule has 2 aromatic carbocycles. The third-order valence-electron chi connectivity index (χ3n) is 4.65. The van der Waals surface area contributed by atoms with E-state index >= 15 is 0 Å². The molecule has 5 heteroatoms. The molecule has 0 aliphatic rings. The topological polar surface area (TPSA) is 66.1 Å². The zero-order valence-corrected chi connectivity index (χ0v) is 15.4. The van der Waals surface area contributed by atoms with Gasteiger partial charge in [-0.3, -0.25) is 14.6 Å². The molecular weight excluding hydrogens is 350 g/mol. The number of aryl methyl sites for hydroxylation is 1. The summed E-state index contributed by atoms with van der Waals surface area (Å²) in [6.07, 6.45) is 3.17. The Morgan fingerprint density at radius 3 is 2.50 bits per heavy atom. The lowest BCUT2D eigenvalue weighted by molar-refractivity contribution is 0.0985. The van der Waals surface area contributed by atoms with Gasteiger partial charge in [-0.25, -0.2) is 0 Å². The Kier molecular flexibility index (Phi) is 4.72. The average molecular weight is 369 g/mol. The minimum absolute atomic E-state index is 0.171. The van der Waals surface area contributed by atoms with Crippen LogP contribution in [-0.2, 0) is 6.54 Å². The summed E-state index contributed by atoms with van der Waals surface area (Å²) in [5.74, 6) is -0.183. The lowest BCUT2D eigenvalue weighted by Gasteiger charge is -2.23. The first-order chi connectivity index (χ1) is 13.6. The van der Waals surface area contributed by atoms with Crippen molar-refractivity contribution in [3.05, 3.63) is 106 Å². The highest BCUT2D eigenvalue weighted by atomic mass is 16.2. The summed E-state index contributed by atoms with van der Waals surface area (Å²) in [6, 6.07) is 20.5. The van der Waals surface area contributed by atoms with E-state index in [1.807, 2.05) is 61.5 Å². The van der Waals surface area contributed by atoms with Gasteiger partial charge in [-0.2, -0.15) is 0 Å². The normalized spacial score (nSPS) is 10.8. The van der Waals surface area contributed by atoms with Crippen LogP contribution >= 0.6 is 0 Å². The molecule has 2 aromatic heterocycles. The minimum Gasteiger partial charge on any atom is -0.322 e. The number of aromatic nitrogens is 2. The average Bonchev–Trinajstić information content (AvgIpc) is 2.73. The van der Waals surface area contributed by atoms with Crippen LogP contribution in [0, 0.1) is 6.92 Å². The zero-order valence-electron chi connectivity index (χ0n) is 15.4. The molecule has 4 aromatic rings. The predicted octanol–water partition coefficient (Wildman–Crippen LogP) is 4.08. The fraction of sp³-hybridized carbons (Fsp3) is 0.0870. The number of benzene rings is 2. The fourth-order valence-electron chi connectivity index (χ4n) is 3.19. The molecule has 0 atom stereocenters. The molecule has 0 bridgehead atoms. The number of anilines is 1. The van der Waals surface area contributed by atoms with Crippen molar-refractivity contribution in [2.24, 2.45) is 0 Å². The van der Waals surface area contributed by atoms with Crippen LogP contribution in [0.1, 0.15) is 21.5 Å². The molecule has 1 N–H and O–H groups in total. The molecule has 0 saturated heterocycles. The summed E-state index contributed by atoms with van der Waals surface area (Å²) >= 11 is 0. The van der Waals surface area contributed by atoms with Crippen LogP contribution in [0.5, 0.6) is 0 Å². The first-order valence-corrected chi connectivity index (χ1v) is 9.01. The van der Waals surface area contributed by atoms with Crippen molar-refractivity contribution in [3.63, 3.8) is 0 Å². The lowest BCUT2D eigenvalue weighted by Crippen LogP contribution is -2.32. The molecule has 0 saturated carbocycles. The van der Waals surface area contributed by atoms with Crippen LogP contribution in [0.2, 0.25) is 0 Å². The number of fused-ring (bicyclic) bond motifs is 1. The molecule has 4 rings (SSSR count). The number of aromatic amines is 1. The van der Waals surface area contributed by atoms with Gasteiger partial charge in [0.15, 0.2) is 0 Å². The monoisotopic (exact) mass is 369 g/mol. The van der Waals surface area contributed by atoms with Gasteiger partial charge >= 0.3 is 0 Å². The largest absolute Gasteiger partial charge is 0.322 e. The number of hydrogen-bond donors (Lipinski definition) is 1. The predicted molar refractivity (Wildman–Crippen MR) is 110 cm³/mol. The number of amides is 1. The third kappa shape index (κ3) is 3.55. The maximum atomic E-state index is 13.2. The standard InChI is InChI=1S/C23H19N3O2/c1-16-7-8-18-14-19(22(27)25-21(18)13-16)15-26(20-5-3-2-4-6-20)23(28)17-9-11-24-12-10-17/h2-14H,15H2,1H3,(H,25,27). The number of carbonyl (C=O) groups excluding carboxylic acids is 1. The van der Waals surface area contributed by atoms with Crippen molar-refractivity contribution in [3.8, 4) is 0 Å². The molecular formula is C23H19N3O2. The lowest BCUT2D eigenvalue weighted by atomic mass is 10.1. The van der Waals surface area contributed by atoms with Crippen LogP contribution in [-0.4, -0.2) is 15.9 Å². The fourth-order valence-corrected chi connectivity index (χ4v) is 3.19. The van der Waals surface area contributed by atoms with Crippen molar-refractivity contribution in [2.75, 3.05) is 4.90 Å². The van der Waals surface area contributed by atoms with E-state index in [0.717, 1.165) is 22.2 Å². The molecule has 0 fully saturated rings. The van der Waals surface area contributed by atoms with Crippen LogP contribution in [0.15, 0.2) is 83.9 Å². The second-order valence-electron chi connectivity index (χ2n) is 6.68. The summed E-state index contributed by atoms with van der Waals surface area (Å²) in [5, 5.41) is 0.935. The van der Waals surface area contributed by atoms with E-state index in [1.165, 1.54) is 0 Å². The highest BCUT2D eigenvalue weighted by Gasteiger charge is 2.19. The Labute approximate surface area is 162 Å². The van der Waals surface area contributed by atoms with Gasteiger partial charge in [0.1, 0.15) is 0 Å². The number of para-hydroxylation sites is 1. The van der Waals surface area contributed by atoms with Gasteiger partial charge in [0.25, 0.3) is 11.5 Å². The van der Waals surface area contributed by atoms with Gasteiger partial charge in [0.05, 0.1) is 6.54 Å². The molecule has 0 aliphatic heterocycles. The van der Waals surface area contributed by atoms with E-state index in [9.17, 15) is 9.59 Å². The van der Waals surface area contributed by atoms with Crippen LogP contribution in [0.25, 0.3) is 10.9 Å². The van der Waals surface area contributed by atoms with Gasteiger partial charge in [0, 0.05) is 34.7 Å². The Morgan fingerprint density at radius 2 is 1.75 bits per heavy atom. The third-order valence-corrected chi connectivity index (χ3v) is 4.65. The molecule has 0 unspecified atom stereocenters. The number of nitrogens with one attached hydrogen (secondary N) is 1. The molecule has 138 valence electrons. The molecule has 2 heterocycles. The molecule has 0 radical (unpaired) electrons. The number of nitrogens with zero attached hydrogens (tertiary/aromatic N) is 2. The number of hydrogen-bond acceptors (Lipinski definition) is 3. The van der Waals surface area contributed by atoms with Crippen LogP contribution in [0.4, 0.5) is 5.69 Å². The minimum atomic E-state index is -0.193. The molecule has 5 nitrogen and oxygen atoms in total. The highest BCUT2D eigenvalue weighted by Crippen LogP contribution is 2.20. The van der Waals surface area contributed by atoms with Crippen molar-refractivity contribution in [2.45, 2.75) is 13.5 Å². The first-order valence-electron chi connectivity index (χ1n) is 9.01. The van der Waals surface area contributed by atoms with E-state index < -0.39 is 0 Å².